The van der Waals surface area contributed by atoms with E-state index in [1.165, 1.54) is 25.7 Å². The third kappa shape index (κ3) is 3.16. The smallest absolute Gasteiger partial charge is 0.241 e. The average molecular weight is 258 g/mol. The number of carbonyl (C=O) groups is 1. The van der Waals surface area contributed by atoms with Crippen LogP contribution in [-0.4, -0.2) is 12.5 Å². The van der Waals surface area contributed by atoms with Crippen LogP contribution in [0.25, 0.3) is 0 Å². The lowest BCUT2D eigenvalue weighted by Gasteiger charge is -2.18. The molecule has 3 heteroatoms. The molecule has 0 radical (unpaired) electrons. The first-order valence-electron chi connectivity index (χ1n) is 7.34. The molecule has 2 aliphatic rings. The number of rotatable bonds is 6. The zero-order valence-electron chi connectivity index (χ0n) is 11.2. The zero-order valence-corrected chi connectivity index (χ0v) is 11.2. The molecule has 19 heavy (non-hydrogen) atoms. The summed E-state index contributed by atoms with van der Waals surface area (Å²) in [7, 11) is 0. The Bertz CT molecular complexity index is 425. The van der Waals surface area contributed by atoms with Crippen molar-refractivity contribution in [2.24, 2.45) is 23.5 Å². The van der Waals surface area contributed by atoms with Crippen LogP contribution in [0.1, 0.15) is 37.3 Å². The number of nitrogens with one attached hydrogen (secondary N) is 1. The van der Waals surface area contributed by atoms with Gasteiger partial charge in [0.1, 0.15) is 6.04 Å². The minimum atomic E-state index is -0.541. The topological polar surface area (TPSA) is 55.1 Å². The summed E-state index contributed by atoms with van der Waals surface area (Å²) in [5, 5.41) is 3.06. The van der Waals surface area contributed by atoms with E-state index in [1.54, 1.807) is 0 Å². The summed E-state index contributed by atoms with van der Waals surface area (Å²) in [6.07, 6.45) is 5.40. The van der Waals surface area contributed by atoms with Gasteiger partial charge in [0.25, 0.3) is 0 Å². The Kier molecular flexibility index (Phi) is 3.56. The summed E-state index contributed by atoms with van der Waals surface area (Å²) >= 11 is 0. The first-order chi connectivity index (χ1) is 9.25. The largest absolute Gasteiger partial charge is 0.354 e. The average Bonchev–Trinajstić information content (AvgIpc) is 3.31. The molecule has 3 nitrogen and oxygen atoms in total. The van der Waals surface area contributed by atoms with Crippen LogP contribution in [0, 0.1) is 17.8 Å². The molecule has 2 fully saturated rings. The molecule has 1 aromatic rings. The van der Waals surface area contributed by atoms with Crippen LogP contribution in [0.4, 0.5) is 0 Å². The van der Waals surface area contributed by atoms with Gasteiger partial charge in [-0.1, -0.05) is 30.3 Å². The molecule has 0 spiro atoms. The van der Waals surface area contributed by atoms with Crippen molar-refractivity contribution in [2.75, 3.05) is 6.54 Å². The van der Waals surface area contributed by atoms with E-state index in [0.29, 0.717) is 5.92 Å². The van der Waals surface area contributed by atoms with Gasteiger partial charge in [-0.25, -0.2) is 0 Å². The maximum absolute atomic E-state index is 12.1. The first kappa shape index (κ1) is 12.7. The third-order valence-electron chi connectivity index (χ3n) is 4.41. The normalized spacial score (nSPS) is 20.3. The van der Waals surface area contributed by atoms with E-state index >= 15 is 0 Å². The van der Waals surface area contributed by atoms with Crippen LogP contribution in [0.2, 0.25) is 0 Å². The monoisotopic (exact) mass is 258 g/mol. The van der Waals surface area contributed by atoms with Crippen LogP contribution in [0.3, 0.4) is 0 Å². The lowest BCUT2D eigenvalue weighted by molar-refractivity contribution is -0.122. The molecule has 2 saturated carbocycles. The maximum atomic E-state index is 12.1. The van der Waals surface area contributed by atoms with Gasteiger partial charge in [-0.05, 0) is 49.0 Å². The highest BCUT2D eigenvalue weighted by molar-refractivity contribution is 5.82. The molecule has 2 aliphatic carbocycles. The summed E-state index contributed by atoms with van der Waals surface area (Å²) in [4.78, 5) is 12.1. The highest BCUT2D eigenvalue weighted by atomic mass is 16.2. The second-order valence-corrected chi connectivity index (χ2v) is 5.97. The van der Waals surface area contributed by atoms with Crippen LogP contribution in [-0.2, 0) is 4.79 Å². The summed E-state index contributed by atoms with van der Waals surface area (Å²) in [5.74, 6) is 2.38. The summed E-state index contributed by atoms with van der Waals surface area (Å²) < 4.78 is 0. The van der Waals surface area contributed by atoms with Gasteiger partial charge in [0.05, 0.1) is 0 Å². The minimum Gasteiger partial charge on any atom is -0.354 e. The Morgan fingerprint density at radius 2 is 1.74 bits per heavy atom. The van der Waals surface area contributed by atoms with E-state index in [1.807, 2.05) is 30.3 Å². The molecule has 0 heterocycles. The lowest BCUT2D eigenvalue weighted by Crippen LogP contribution is -2.37. The zero-order chi connectivity index (χ0) is 13.2. The van der Waals surface area contributed by atoms with E-state index in [4.69, 9.17) is 5.73 Å². The molecular formula is C16H22N2O. The summed E-state index contributed by atoms with van der Waals surface area (Å²) in [6.45, 7) is 0.814. The SMILES string of the molecule is N[C@@H](C(=O)NCC(C1CC1)C1CC1)c1ccccc1. The van der Waals surface area contributed by atoms with E-state index in [0.717, 1.165) is 23.9 Å². The third-order valence-corrected chi connectivity index (χ3v) is 4.41. The van der Waals surface area contributed by atoms with Crippen molar-refractivity contribution in [1.29, 1.82) is 0 Å². The quantitative estimate of drug-likeness (QED) is 0.822. The van der Waals surface area contributed by atoms with Gasteiger partial charge >= 0.3 is 0 Å². The van der Waals surface area contributed by atoms with Gasteiger partial charge in [0.15, 0.2) is 0 Å². The van der Waals surface area contributed by atoms with Crippen molar-refractivity contribution in [3.8, 4) is 0 Å². The first-order valence-corrected chi connectivity index (χ1v) is 7.34. The van der Waals surface area contributed by atoms with Crippen molar-refractivity contribution < 1.29 is 4.79 Å². The van der Waals surface area contributed by atoms with Gasteiger partial charge in [0, 0.05) is 6.54 Å². The molecular weight excluding hydrogens is 236 g/mol. The Hall–Kier alpha value is -1.35. The van der Waals surface area contributed by atoms with Crippen molar-refractivity contribution in [3.63, 3.8) is 0 Å². The number of hydrogen-bond donors (Lipinski definition) is 2. The number of amides is 1. The molecule has 0 aromatic heterocycles. The van der Waals surface area contributed by atoms with Crippen molar-refractivity contribution in [3.05, 3.63) is 35.9 Å². The van der Waals surface area contributed by atoms with Gasteiger partial charge in [-0.15, -0.1) is 0 Å². The highest BCUT2D eigenvalue weighted by Crippen LogP contribution is 2.48. The molecule has 3 rings (SSSR count). The molecule has 102 valence electrons. The molecule has 1 amide bonds. The van der Waals surface area contributed by atoms with E-state index in [-0.39, 0.29) is 5.91 Å². The van der Waals surface area contributed by atoms with E-state index < -0.39 is 6.04 Å². The van der Waals surface area contributed by atoms with Crippen molar-refractivity contribution in [1.82, 2.24) is 5.32 Å². The predicted molar refractivity (Wildman–Crippen MR) is 75.3 cm³/mol. The Morgan fingerprint density at radius 1 is 1.16 bits per heavy atom. The predicted octanol–water partition coefficient (Wildman–Crippen LogP) is 2.24. The van der Waals surface area contributed by atoms with Crippen molar-refractivity contribution in [2.45, 2.75) is 31.7 Å². The maximum Gasteiger partial charge on any atom is 0.241 e. The molecule has 0 unspecified atom stereocenters. The number of benzene rings is 1. The second kappa shape index (κ2) is 5.33. The van der Waals surface area contributed by atoms with Gasteiger partial charge in [-0.3, -0.25) is 4.79 Å². The van der Waals surface area contributed by atoms with Gasteiger partial charge in [0.2, 0.25) is 5.91 Å². The second-order valence-electron chi connectivity index (χ2n) is 5.97. The lowest BCUT2D eigenvalue weighted by atomic mass is 9.97. The van der Waals surface area contributed by atoms with Crippen LogP contribution in [0.5, 0.6) is 0 Å². The number of hydrogen-bond acceptors (Lipinski definition) is 2. The Balaban J connectivity index is 1.53. The number of carbonyl (C=O) groups excluding carboxylic acids is 1. The summed E-state index contributed by atoms with van der Waals surface area (Å²) in [5.41, 5.74) is 6.88. The van der Waals surface area contributed by atoms with E-state index in [2.05, 4.69) is 5.32 Å². The Labute approximate surface area is 114 Å². The molecule has 0 bridgehead atoms. The van der Waals surface area contributed by atoms with Crippen LogP contribution in [0.15, 0.2) is 30.3 Å². The van der Waals surface area contributed by atoms with Gasteiger partial charge < -0.3 is 11.1 Å². The molecule has 0 saturated heterocycles. The number of nitrogens with two attached hydrogens (primary N) is 1. The minimum absolute atomic E-state index is 0.0440. The molecule has 1 atom stereocenters. The fraction of sp³-hybridized carbons (Fsp3) is 0.562. The standard InChI is InChI=1S/C16H22N2O/c17-15(13-4-2-1-3-5-13)16(19)18-10-14(11-6-7-11)12-8-9-12/h1-5,11-12,14-15H,6-10,17H2,(H,18,19)/t15-/m1/s1. The molecule has 0 aliphatic heterocycles. The highest BCUT2D eigenvalue weighted by Gasteiger charge is 2.41. The van der Waals surface area contributed by atoms with Crippen LogP contribution < -0.4 is 11.1 Å². The molecule has 1 aromatic carbocycles. The fourth-order valence-corrected chi connectivity index (χ4v) is 2.91. The summed E-state index contributed by atoms with van der Waals surface area (Å²) in [6, 6.07) is 9.04. The van der Waals surface area contributed by atoms with Gasteiger partial charge in [-0.2, -0.15) is 0 Å². The van der Waals surface area contributed by atoms with Crippen molar-refractivity contribution >= 4 is 5.91 Å². The van der Waals surface area contributed by atoms with E-state index in [9.17, 15) is 4.79 Å². The van der Waals surface area contributed by atoms with Crippen LogP contribution >= 0.6 is 0 Å². The molecule has 3 N–H and O–H groups in total. The fourth-order valence-electron chi connectivity index (χ4n) is 2.91. The Morgan fingerprint density at radius 3 is 2.26 bits per heavy atom.